The van der Waals surface area contributed by atoms with E-state index in [9.17, 15) is 68.7 Å². The first-order chi connectivity index (χ1) is 23.1. The predicted molar refractivity (Wildman–Crippen MR) is 157 cm³/mol. The molecule has 0 aromatic carbocycles. The molecule has 0 spiro atoms. The zero-order chi connectivity index (χ0) is 37.7. The van der Waals surface area contributed by atoms with Crippen molar-refractivity contribution in [2.75, 3.05) is 59.3 Å². The molecule has 0 heterocycles. The van der Waals surface area contributed by atoms with Crippen LogP contribution in [0.5, 0.6) is 0 Å². The summed E-state index contributed by atoms with van der Waals surface area (Å²) in [5.74, 6) is -10.3. The second-order valence-corrected chi connectivity index (χ2v) is 9.62. The van der Waals surface area contributed by atoms with Gasteiger partial charge in [0.25, 0.3) is 0 Å². The molecular weight excluding hydrogens is 670 g/mol. The summed E-state index contributed by atoms with van der Waals surface area (Å²) in [6.45, 7) is -8.22. The summed E-state index contributed by atoms with van der Waals surface area (Å²) in [6, 6.07) is -10.1. The van der Waals surface area contributed by atoms with Crippen LogP contribution in [0, 0.1) is 0 Å². The Labute approximate surface area is 276 Å². The summed E-state index contributed by atoms with van der Waals surface area (Å²) < 4.78 is 0. The maximum Gasteiger partial charge on any atom is 0.328 e. The highest BCUT2D eigenvalue weighted by Gasteiger charge is 2.29. The van der Waals surface area contributed by atoms with E-state index in [2.05, 4.69) is 5.32 Å². The molecule has 0 aliphatic carbocycles. The largest absolute Gasteiger partial charge is 0.480 e. The van der Waals surface area contributed by atoms with E-state index in [0.29, 0.717) is 0 Å². The number of aliphatic carboxylic acids is 1. The number of carboxylic acids is 1. The molecule has 49 heavy (non-hydrogen) atoms. The first kappa shape index (κ1) is 43.9. The smallest absolute Gasteiger partial charge is 0.328 e. The number of aliphatic hydroxyl groups is 6. The Kier molecular flexibility index (Phi) is 20.9. The van der Waals surface area contributed by atoms with Crippen LogP contribution in [0.2, 0.25) is 0 Å². The van der Waals surface area contributed by atoms with Gasteiger partial charge in [0.15, 0.2) is 0 Å². The standard InChI is InChI=1S/C24H41N9O16/c25-1-16(40)28-12(6-36)21(45)31-10(4-34)19(43)26-2-17(41)29-13(7-37)22(46)32-11(5-35)20(44)27-3-18(42)30-14(8-38)23(47)33-15(9-39)24(48)49/h10-15,34-39H,1-9,25H2,(H,26,43)(H,27,44)(H,28,40)(H,29,41)(H,30,42)(H,31,45)(H,32,46)(H,33,47)(H,48,49)/t10-,11-,12-,13-,14-,15-/m0/s1. The van der Waals surface area contributed by atoms with Gasteiger partial charge >= 0.3 is 5.97 Å². The molecule has 0 fully saturated rings. The van der Waals surface area contributed by atoms with Crippen molar-refractivity contribution in [3.8, 4) is 0 Å². The monoisotopic (exact) mass is 711 g/mol. The number of carboxylic acid groups (broad SMARTS) is 1. The van der Waals surface area contributed by atoms with Crippen LogP contribution in [0.25, 0.3) is 0 Å². The molecule has 25 nitrogen and oxygen atoms in total. The average Bonchev–Trinajstić information content (AvgIpc) is 3.08. The fourth-order valence-electron chi connectivity index (χ4n) is 3.30. The second kappa shape index (κ2) is 23.3. The van der Waals surface area contributed by atoms with Gasteiger partial charge in [-0.05, 0) is 0 Å². The first-order valence-electron chi connectivity index (χ1n) is 14.0. The van der Waals surface area contributed by atoms with Gasteiger partial charge in [-0.3, -0.25) is 38.4 Å². The van der Waals surface area contributed by atoms with Crippen molar-refractivity contribution in [1.29, 1.82) is 0 Å². The highest BCUT2D eigenvalue weighted by molar-refractivity contribution is 5.96. The lowest BCUT2D eigenvalue weighted by Crippen LogP contribution is -2.59. The van der Waals surface area contributed by atoms with E-state index in [1.54, 1.807) is 0 Å². The van der Waals surface area contributed by atoms with Crippen LogP contribution < -0.4 is 48.3 Å². The lowest BCUT2D eigenvalue weighted by Gasteiger charge is -2.22. The van der Waals surface area contributed by atoms with Crippen molar-refractivity contribution in [2.24, 2.45) is 5.73 Å². The molecule has 0 saturated carbocycles. The fourth-order valence-corrected chi connectivity index (χ4v) is 3.30. The number of hydrogen-bond acceptors (Lipinski definition) is 16. The second-order valence-electron chi connectivity index (χ2n) is 9.62. The summed E-state index contributed by atoms with van der Waals surface area (Å²) in [4.78, 5) is 108. The molecule has 0 aromatic heterocycles. The number of amides is 8. The lowest BCUT2D eigenvalue weighted by atomic mass is 10.2. The quantitative estimate of drug-likeness (QED) is 0.0468. The molecule has 0 bridgehead atoms. The van der Waals surface area contributed by atoms with Crippen LogP contribution in [0.15, 0.2) is 0 Å². The molecule has 25 heteroatoms. The summed E-state index contributed by atoms with van der Waals surface area (Å²) in [5, 5.41) is 80.9. The van der Waals surface area contributed by atoms with Crippen LogP contribution in [-0.2, 0) is 43.2 Å². The molecular formula is C24H41N9O16. The van der Waals surface area contributed by atoms with Crippen molar-refractivity contribution < 1.29 is 78.9 Å². The number of nitrogens with two attached hydrogens (primary N) is 1. The van der Waals surface area contributed by atoms with Crippen molar-refractivity contribution in [3.63, 3.8) is 0 Å². The van der Waals surface area contributed by atoms with E-state index in [1.807, 2.05) is 37.2 Å². The van der Waals surface area contributed by atoms with Crippen molar-refractivity contribution >= 4 is 53.2 Å². The van der Waals surface area contributed by atoms with Crippen LogP contribution in [0.3, 0.4) is 0 Å². The summed E-state index contributed by atoms with van der Waals surface area (Å²) in [5.41, 5.74) is 5.11. The molecule has 0 unspecified atom stereocenters. The maximum absolute atomic E-state index is 12.5. The number of nitrogens with one attached hydrogen (secondary N) is 8. The number of hydrogen-bond donors (Lipinski definition) is 16. The number of rotatable bonds is 23. The predicted octanol–water partition coefficient (Wildman–Crippen LogP) is -11.9. The third-order valence-corrected chi connectivity index (χ3v) is 5.96. The van der Waals surface area contributed by atoms with Crippen LogP contribution in [0.4, 0.5) is 0 Å². The number of aliphatic hydroxyl groups excluding tert-OH is 6. The molecule has 8 amide bonds. The first-order valence-corrected chi connectivity index (χ1v) is 14.0. The topological polar surface area (TPSA) is 417 Å². The van der Waals surface area contributed by atoms with E-state index in [4.69, 9.17) is 15.9 Å². The third kappa shape index (κ3) is 16.1. The molecule has 0 saturated heterocycles. The minimum Gasteiger partial charge on any atom is -0.480 e. The van der Waals surface area contributed by atoms with Gasteiger partial charge in [0.1, 0.15) is 36.3 Å². The zero-order valence-electron chi connectivity index (χ0n) is 25.7. The summed E-state index contributed by atoms with van der Waals surface area (Å²) in [6.07, 6.45) is 0. The fraction of sp³-hybridized carbons (Fsp3) is 0.625. The summed E-state index contributed by atoms with van der Waals surface area (Å²) >= 11 is 0. The SMILES string of the molecule is NCC(=O)N[C@@H](CO)C(=O)N[C@@H](CO)C(=O)NCC(=O)N[C@@H](CO)C(=O)N[C@@H](CO)C(=O)NCC(=O)N[C@@H](CO)C(=O)N[C@@H](CO)C(=O)O. The Hall–Kier alpha value is -5.05. The molecule has 0 rings (SSSR count). The van der Waals surface area contributed by atoms with Gasteiger partial charge in [-0.2, -0.15) is 0 Å². The molecule has 0 radical (unpaired) electrons. The van der Waals surface area contributed by atoms with Gasteiger partial charge in [-0.25, -0.2) is 4.79 Å². The zero-order valence-corrected chi connectivity index (χ0v) is 25.7. The van der Waals surface area contributed by atoms with Gasteiger partial charge in [0, 0.05) is 0 Å². The van der Waals surface area contributed by atoms with Gasteiger partial charge in [-0.1, -0.05) is 0 Å². The molecule has 0 aromatic rings. The normalized spacial score (nSPS) is 14.3. The number of carbonyl (C=O) groups is 9. The van der Waals surface area contributed by atoms with Gasteiger partial charge < -0.3 is 84.0 Å². The van der Waals surface area contributed by atoms with E-state index in [0.717, 1.165) is 0 Å². The Bertz CT molecular complexity index is 1190. The van der Waals surface area contributed by atoms with E-state index in [1.165, 1.54) is 0 Å². The maximum atomic E-state index is 12.5. The van der Waals surface area contributed by atoms with Crippen LogP contribution >= 0.6 is 0 Å². The molecule has 17 N–H and O–H groups in total. The van der Waals surface area contributed by atoms with Crippen LogP contribution in [0.1, 0.15) is 0 Å². The van der Waals surface area contributed by atoms with E-state index < -0.39 is 149 Å². The lowest BCUT2D eigenvalue weighted by molar-refractivity contribution is -0.143. The Morgan fingerprint density at radius 2 is 0.673 bits per heavy atom. The van der Waals surface area contributed by atoms with Crippen molar-refractivity contribution in [2.45, 2.75) is 36.3 Å². The third-order valence-electron chi connectivity index (χ3n) is 5.96. The number of carbonyl (C=O) groups excluding carboxylic acids is 8. The molecule has 278 valence electrons. The summed E-state index contributed by atoms with van der Waals surface area (Å²) in [7, 11) is 0. The Balaban J connectivity index is 5.01. The minimum atomic E-state index is -1.75. The molecule has 0 aliphatic heterocycles. The Morgan fingerprint density at radius 1 is 0.408 bits per heavy atom. The van der Waals surface area contributed by atoms with Crippen LogP contribution in [-0.4, -0.2) is 184 Å². The highest BCUT2D eigenvalue weighted by Crippen LogP contribution is 1.93. The van der Waals surface area contributed by atoms with E-state index >= 15 is 0 Å². The highest BCUT2D eigenvalue weighted by atomic mass is 16.4. The van der Waals surface area contributed by atoms with Gasteiger partial charge in [0.05, 0.1) is 59.3 Å². The van der Waals surface area contributed by atoms with Gasteiger partial charge in [0.2, 0.25) is 47.3 Å². The van der Waals surface area contributed by atoms with E-state index in [-0.39, 0.29) is 0 Å². The minimum absolute atomic E-state index is 0.509. The molecule has 0 aliphatic rings. The van der Waals surface area contributed by atoms with Crippen molar-refractivity contribution in [3.05, 3.63) is 0 Å². The van der Waals surface area contributed by atoms with Gasteiger partial charge in [-0.15, -0.1) is 0 Å². The average molecular weight is 712 g/mol. The van der Waals surface area contributed by atoms with Crippen molar-refractivity contribution in [1.82, 2.24) is 42.5 Å². The molecule has 6 atom stereocenters. The Morgan fingerprint density at radius 3 is 0.939 bits per heavy atom.